The van der Waals surface area contributed by atoms with Gasteiger partial charge in [-0.05, 0) is 30.5 Å². The van der Waals surface area contributed by atoms with Crippen molar-refractivity contribution < 1.29 is 19.2 Å². The molecule has 0 saturated carbocycles. The molecular formula is C21H23N3O5. The van der Waals surface area contributed by atoms with Gasteiger partial charge in [0.1, 0.15) is 0 Å². The maximum absolute atomic E-state index is 13.0. The zero-order valence-corrected chi connectivity index (χ0v) is 16.5. The number of nitro groups is 1. The summed E-state index contributed by atoms with van der Waals surface area (Å²) < 4.78 is 4.64. The van der Waals surface area contributed by atoms with Gasteiger partial charge in [-0.1, -0.05) is 18.2 Å². The molecule has 2 aromatic rings. The second kappa shape index (κ2) is 8.72. The topological polar surface area (TPSA) is 93.0 Å². The molecule has 0 spiro atoms. The summed E-state index contributed by atoms with van der Waals surface area (Å²) in [5.41, 5.74) is 1.81. The first-order valence-electron chi connectivity index (χ1n) is 9.37. The molecule has 0 aromatic heterocycles. The monoisotopic (exact) mass is 397 g/mol. The van der Waals surface area contributed by atoms with Crippen molar-refractivity contribution in [2.24, 2.45) is 0 Å². The van der Waals surface area contributed by atoms with Gasteiger partial charge in [-0.2, -0.15) is 0 Å². The standard InChI is InChI=1S/C21H23N3O5/c1-22(14-15-7-3-4-8-19(15)23-9-5-6-10-23)20(25)16-11-17(21(26)29-2)13-18(12-16)24(27)28/h3-4,7-8,11-13H,5-6,9-10,14H2,1-2H3. The van der Waals surface area contributed by atoms with Crippen LogP contribution in [-0.4, -0.2) is 48.9 Å². The number of nitro benzene ring substituents is 1. The van der Waals surface area contributed by atoms with Crippen molar-refractivity contribution in [2.45, 2.75) is 19.4 Å². The third kappa shape index (κ3) is 4.53. The molecule has 8 heteroatoms. The van der Waals surface area contributed by atoms with E-state index >= 15 is 0 Å². The van der Waals surface area contributed by atoms with Crippen molar-refractivity contribution >= 4 is 23.3 Å². The van der Waals surface area contributed by atoms with E-state index in [1.165, 1.54) is 24.1 Å². The fraction of sp³-hybridized carbons (Fsp3) is 0.333. The molecule has 0 atom stereocenters. The Labute approximate surface area is 168 Å². The van der Waals surface area contributed by atoms with Crippen LogP contribution in [0.1, 0.15) is 39.1 Å². The highest BCUT2D eigenvalue weighted by atomic mass is 16.6. The van der Waals surface area contributed by atoms with Crippen molar-refractivity contribution in [1.82, 2.24) is 4.90 Å². The lowest BCUT2D eigenvalue weighted by molar-refractivity contribution is -0.384. The first-order chi connectivity index (χ1) is 13.9. The summed E-state index contributed by atoms with van der Waals surface area (Å²) in [5, 5.41) is 11.2. The van der Waals surface area contributed by atoms with Gasteiger partial charge in [0.25, 0.3) is 11.6 Å². The Morgan fingerprint density at radius 2 is 1.79 bits per heavy atom. The minimum atomic E-state index is -0.732. The lowest BCUT2D eigenvalue weighted by Crippen LogP contribution is -2.28. The van der Waals surface area contributed by atoms with Gasteiger partial charge in [-0.25, -0.2) is 4.79 Å². The number of methoxy groups -OCH3 is 1. The van der Waals surface area contributed by atoms with Crippen LogP contribution in [0.4, 0.5) is 11.4 Å². The number of hydrogen-bond acceptors (Lipinski definition) is 6. The van der Waals surface area contributed by atoms with Crippen LogP contribution in [0, 0.1) is 10.1 Å². The number of para-hydroxylation sites is 1. The van der Waals surface area contributed by atoms with Gasteiger partial charge < -0.3 is 14.5 Å². The highest BCUT2D eigenvalue weighted by Gasteiger charge is 2.22. The highest BCUT2D eigenvalue weighted by Crippen LogP contribution is 2.26. The van der Waals surface area contributed by atoms with Crippen LogP contribution in [0.25, 0.3) is 0 Å². The maximum Gasteiger partial charge on any atom is 0.338 e. The Bertz CT molecular complexity index is 938. The third-order valence-corrected chi connectivity index (χ3v) is 4.99. The van der Waals surface area contributed by atoms with Crippen LogP contribution in [0.5, 0.6) is 0 Å². The Balaban J connectivity index is 1.86. The lowest BCUT2D eigenvalue weighted by Gasteiger charge is -2.24. The predicted octanol–water partition coefficient (Wildman–Crippen LogP) is 3.25. The molecule has 1 saturated heterocycles. The van der Waals surface area contributed by atoms with Crippen molar-refractivity contribution in [1.29, 1.82) is 0 Å². The molecule has 1 amide bonds. The number of amides is 1. The van der Waals surface area contributed by atoms with E-state index in [9.17, 15) is 19.7 Å². The largest absolute Gasteiger partial charge is 0.465 e. The van der Waals surface area contributed by atoms with Crippen LogP contribution in [0.2, 0.25) is 0 Å². The smallest absolute Gasteiger partial charge is 0.338 e. The number of rotatable bonds is 6. The molecule has 8 nitrogen and oxygen atoms in total. The van der Waals surface area contributed by atoms with E-state index in [2.05, 4.69) is 9.64 Å². The fourth-order valence-corrected chi connectivity index (χ4v) is 3.53. The van der Waals surface area contributed by atoms with Crippen LogP contribution < -0.4 is 4.90 Å². The molecule has 1 aliphatic heterocycles. The number of anilines is 1. The molecule has 0 radical (unpaired) electrons. The van der Waals surface area contributed by atoms with Gasteiger partial charge >= 0.3 is 5.97 Å². The van der Waals surface area contributed by atoms with Crippen molar-refractivity contribution in [3.05, 3.63) is 69.3 Å². The molecule has 2 aromatic carbocycles. The second-order valence-corrected chi connectivity index (χ2v) is 7.00. The Kier molecular flexibility index (Phi) is 6.11. The van der Waals surface area contributed by atoms with E-state index in [1.807, 2.05) is 24.3 Å². The summed E-state index contributed by atoms with van der Waals surface area (Å²) in [7, 11) is 2.82. The summed E-state index contributed by atoms with van der Waals surface area (Å²) in [6.07, 6.45) is 2.29. The zero-order chi connectivity index (χ0) is 21.0. The fourth-order valence-electron chi connectivity index (χ4n) is 3.53. The number of esters is 1. The summed E-state index contributed by atoms with van der Waals surface area (Å²) >= 11 is 0. The molecule has 1 heterocycles. The van der Waals surface area contributed by atoms with E-state index in [-0.39, 0.29) is 16.8 Å². The van der Waals surface area contributed by atoms with Gasteiger partial charge in [-0.3, -0.25) is 14.9 Å². The Hall–Kier alpha value is -3.42. The van der Waals surface area contributed by atoms with E-state index in [4.69, 9.17) is 0 Å². The number of nitrogens with zero attached hydrogens (tertiary/aromatic N) is 3. The van der Waals surface area contributed by atoms with Gasteiger partial charge in [0, 0.05) is 50.1 Å². The second-order valence-electron chi connectivity index (χ2n) is 7.00. The first kappa shape index (κ1) is 20.3. The summed E-state index contributed by atoms with van der Waals surface area (Å²) in [5.74, 6) is -1.14. The lowest BCUT2D eigenvalue weighted by atomic mass is 10.1. The van der Waals surface area contributed by atoms with Crippen LogP contribution in [-0.2, 0) is 11.3 Å². The molecule has 1 aliphatic rings. The average molecular weight is 397 g/mol. The van der Waals surface area contributed by atoms with Crippen LogP contribution in [0.3, 0.4) is 0 Å². The number of ether oxygens (including phenoxy) is 1. The summed E-state index contributed by atoms with van der Waals surface area (Å²) in [6.45, 7) is 2.33. The molecule has 29 heavy (non-hydrogen) atoms. The molecule has 0 N–H and O–H groups in total. The SMILES string of the molecule is COC(=O)c1cc(C(=O)N(C)Cc2ccccc2N2CCCC2)cc([N+](=O)[O-])c1. The van der Waals surface area contributed by atoms with Gasteiger partial charge in [0.05, 0.1) is 17.6 Å². The van der Waals surface area contributed by atoms with Gasteiger partial charge in [-0.15, -0.1) is 0 Å². The minimum absolute atomic E-state index is 0.0316. The maximum atomic E-state index is 13.0. The number of benzene rings is 2. The molecule has 152 valence electrons. The normalized spacial score (nSPS) is 13.2. The van der Waals surface area contributed by atoms with Crippen molar-refractivity contribution in [2.75, 3.05) is 32.1 Å². The van der Waals surface area contributed by atoms with Crippen molar-refractivity contribution in [3.8, 4) is 0 Å². The summed E-state index contributed by atoms with van der Waals surface area (Å²) in [6, 6.07) is 11.5. The highest BCUT2D eigenvalue weighted by molar-refractivity contribution is 5.98. The minimum Gasteiger partial charge on any atom is -0.465 e. The quantitative estimate of drug-likeness (QED) is 0.422. The Morgan fingerprint density at radius 3 is 2.45 bits per heavy atom. The number of carbonyl (C=O) groups excluding carboxylic acids is 2. The van der Waals surface area contributed by atoms with Crippen LogP contribution >= 0.6 is 0 Å². The molecule has 1 fully saturated rings. The molecule has 3 rings (SSSR count). The van der Waals surface area contributed by atoms with E-state index in [1.54, 1.807) is 7.05 Å². The van der Waals surface area contributed by atoms with Crippen molar-refractivity contribution in [3.63, 3.8) is 0 Å². The molecule has 0 bridgehead atoms. The molecule has 0 aliphatic carbocycles. The van der Waals surface area contributed by atoms with Crippen LogP contribution in [0.15, 0.2) is 42.5 Å². The third-order valence-electron chi connectivity index (χ3n) is 4.99. The molecular weight excluding hydrogens is 374 g/mol. The number of carbonyl (C=O) groups is 2. The molecule has 0 unspecified atom stereocenters. The van der Waals surface area contributed by atoms with Gasteiger partial charge in [0.15, 0.2) is 0 Å². The van der Waals surface area contributed by atoms with E-state index < -0.39 is 16.8 Å². The van der Waals surface area contributed by atoms with E-state index in [0.29, 0.717) is 6.54 Å². The zero-order valence-electron chi connectivity index (χ0n) is 16.5. The predicted molar refractivity (Wildman–Crippen MR) is 108 cm³/mol. The Morgan fingerprint density at radius 1 is 1.14 bits per heavy atom. The average Bonchev–Trinajstić information content (AvgIpc) is 3.27. The first-order valence-corrected chi connectivity index (χ1v) is 9.37. The number of hydrogen-bond donors (Lipinski definition) is 0. The number of non-ortho nitro benzene ring substituents is 1. The van der Waals surface area contributed by atoms with E-state index in [0.717, 1.165) is 43.2 Å². The summed E-state index contributed by atoms with van der Waals surface area (Å²) in [4.78, 5) is 39.2. The van der Waals surface area contributed by atoms with Gasteiger partial charge in [0.2, 0.25) is 0 Å².